The molecule has 1 amide bonds. The van der Waals surface area contributed by atoms with Crippen LogP contribution in [0.1, 0.15) is 17.3 Å². The minimum Gasteiger partial charge on any atom is -0.486 e. The van der Waals surface area contributed by atoms with Crippen LogP contribution in [0.2, 0.25) is 0 Å². The van der Waals surface area contributed by atoms with E-state index in [2.05, 4.69) is 5.32 Å². The molecule has 1 atom stereocenters. The Hall–Kier alpha value is -3.02. The number of carbonyl (C=O) groups excluding carboxylic acids is 2. The van der Waals surface area contributed by atoms with E-state index in [1.165, 1.54) is 6.92 Å². The first-order chi connectivity index (χ1) is 12.1. The molecular formula is C19H19NO5. The summed E-state index contributed by atoms with van der Waals surface area (Å²) in [7, 11) is 0. The summed E-state index contributed by atoms with van der Waals surface area (Å²) in [6.07, 6.45) is -0.242. The average molecular weight is 341 g/mol. The lowest BCUT2D eigenvalue weighted by Crippen LogP contribution is -2.42. The molecule has 0 saturated heterocycles. The van der Waals surface area contributed by atoms with Gasteiger partial charge in [-0.2, -0.15) is 0 Å². The summed E-state index contributed by atoms with van der Waals surface area (Å²) in [5.41, 5.74) is 0.603. The normalized spacial score (nSPS) is 15.3. The number of ether oxygens (including phenoxy) is 3. The van der Waals surface area contributed by atoms with E-state index in [1.807, 2.05) is 24.3 Å². The zero-order chi connectivity index (χ0) is 17.6. The van der Waals surface area contributed by atoms with Gasteiger partial charge < -0.3 is 19.5 Å². The highest BCUT2D eigenvalue weighted by atomic mass is 16.6. The van der Waals surface area contributed by atoms with Crippen LogP contribution >= 0.6 is 0 Å². The second kappa shape index (κ2) is 7.70. The van der Waals surface area contributed by atoms with Crippen LogP contribution in [0.5, 0.6) is 17.2 Å². The van der Waals surface area contributed by atoms with E-state index >= 15 is 0 Å². The number of carbonyl (C=O) groups is 2. The van der Waals surface area contributed by atoms with Crippen LogP contribution < -0.4 is 19.5 Å². The summed E-state index contributed by atoms with van der Waals surface area (Å²) in [6, 6.07) is 14.1. The van der Waals surface area contributed by atoms with Crippen molar-refractivity contribution in [1.82, 2.24) is 5.32 Å². The van der Waals surface area contributed by atoms with E-state index < -0.39 is 0 Å². The Bertz CT molecular complexity index is 757. The van der Waals surface area contributed by atoms with Gasteiger partial charge in [0.2, 0.25) is 0 Å². The van der Waals surface area contributed by atoms with Crippen LogP contribution in [0.25, 0.3) is 0 Å². The van der Waals surface area contributed by atoms with Crippen molar-refractivity contribution < 1.29 is 23.8 Å². The number of benzene rings is 2. The molecule has 0 bridgehead atoms. The highest BCUT2D eigenvalue weighted by molar-refractivity contribution is 5.94. The third-order valence-corrected chi connectivity index (χ3v) is 3.73. The van der Waals surface area contributed by atoms with Crippen LogP contribution in [-0.4, -0.2) is 37.6 Å². The molecule has 2 aromatic rings. The van der Waals surface area contributed by atoms with Crippen molar-refractivity contribution in [2.75, 3.05) is 19.8 Å². The van der Waals surface area contributed by atoms with Crippen LogP contribution in [0.3, 0.4) is 0 Å². The van der Waals surface area contributed by atoms with Gasteiger partial charge in [-0.25, -0.2) is 0 Å². The van der Waals surface area contributed by atoms with Gasteiger partial charge in [-0.15, -0.1) is 0 Å². The highest BCUT2D eigenvalue weighted by Crippen LogP contribution is 2.30. The smallest absolute Gasteiger partial charge is 0.258 e. The summed E-state index contributed by atoms with van der Waals surface area (Å²) in [5.74, 6) is 1.65. The molecule has 6 heteroatoms. The molecule has 130 valence electrons. The third-order valence-electron chi connectivity index (χ3n) is 3.73. The molecule has 0 saturated carbocycles. The topological polar surface area (TPSA) is 73.9 Å². The first kappa shape index (κ1) is 16.8. The Labute approximate surface area is 145 Å². The van der Waals surface area contributed by atoms with Crippen molar-refractivity contribution in [3.63, 3.8) is 0 Å². The van der Waals surface area contributed by atoms with Gasteiger partial charge in [0.05, 0.1) is 6.54 Å². The second-order valence-electron chi connectivity index (χ2n) is 5.67. The van der Waals surface area contributed by atoms with Gasteiger partial charge >= 0.3 is 0 Å². The molecule has 1 heterocycles. The quantitative estimate of drug-likeness (QED) is 0.816. The Morgan fingerprint density at radius 3 is 2.56 bits per heavy atom. The van der Waals surface area contributed by atoms with Gasteiger partial charge in [0.15, 0.2) is 23.9 Å². The maximum atomic E-state index is 11.9. The van der Waals surface area contributed by atoms with Crippen LogP contribution in [0, 0.1) is 0 Å². The van der Waals surface area contributed by atoms with Gasteiger partial charge in [0.1, 0.15) is 18.5 Å². The lowest BCUT2D eigenvalue weighted by atomic mass is 10.1. The summed E-state index contributed by atoms with van der Waals surface area (Å²) >= 11 is 0. The molecule has 1 aliphatic heterocycles. The van der Waals surface area contributed by atoms with Crippen LogP contribution in [0.4, 0.5) is 0 Å². The van der Waals surface area contributed by atoms with Crippen molar-refractivity contribution in [3.05, 3.63) is 54.1 Å². The zero-order valence-electron chi connectivity index (χ0n) is 13.9. The molecule has 1 N–H and O–H groups in total. The maximum absolute atomic E-state index is 11.9. The number of nitrogens with one attached hydrogen (secondary N) is 1. The van der Waals surface area contributed by atoms with E-state index in [9.17, 15) is 9.59 Å². The minimum absolute atomic E-state index is 0.0134. The van der Waals surface area contributed by atoms with E-state index in [-0.39, 0.29) is 24.4 Å². The average Bonchev–Trinajstić information content (AvgIpc) is 2.65. The summed E-state index contributed by atoms with van der Waals surface area (Å²) in [4.78, 5) is 23.1. The first-order valence-corrected chi connectivity index (χ1v) is 8.01. The SMILES string of the molecule is CC(=O)c1ccc(OCC(=O)NC[C@H]2COc3ccccc3O2)cc1. The van der Waals surface area contributed by atoms with Crippen LogP contribution in [0.15, 0.2) is 48.5 Å². The van der Waals surface area contributed by atoms with Crippen molar-refractivity contribution in [2.24, 2.45) is 0 Å². The predicted molar refractivity (Wildman–Crippen MR) is 91.3 cm³/mol. The molecule has 3 rings (SSSR count). The fraction of sp³-hybridized carbons (Fsp3) is 0.263. The summed E-state index contributed by atoms with van der Waals surface area (Å²) < 4.78 is 16.8. The highest BCUT2D eigenvalue weighted by Gasteiger charge is 2.21. The zero-order valence-corrected chi connectivity index (χ0v) is 13.9. The molecule has 0 radical (unpaired) electrons. The fourth-order valence-electron chi connectivity index (χ4n) is 2.38. The number of rotatable bonds is 6. The van der Waals surface area contributed by atoms with Crippen molar-refractivity contribution in [2.45, 2.75) is 13.0 Å². The fourth-order valence-corrected chi connectivity index (χ4v) is 2.38. The molecule has 0 fully saturated rings. The summed E-state index contributed by atoms with van der Waals surface area (Å²) in [6.45, 7) is 2.10. The standard InChI is InChI=1S/C19H19NO5/c1-13(21)14-6-8-15(9-7-14)23-12-19(22)20-10-16-11-24-17-4-2-3-5-18(17)25-16/h2-9,16H,10-12H2,1H3,(H,20,22)/t16-/m0/s1. The number of fused-ring (bicyclic) bond motifs is 1. The first-order valence-electron chi connectivity index (χ1n) is 8.01. The third kappa shape index (κ3) is 4.50. The molecule has 25 heavy (non-hydrogen) atoms. The monoisotopic (exact) mass is 341 g/mol. The minimum atomic E-state index is -0.252. The Morgan fingerprint density at radius 1 is 1.12 bits per heavy atom. The number of amides is 1. The second-order valence-corrected chi connectivity index (χ2v) is 5.67. The number of ketones is 1. The molecule has 0 aliphatic carbocycles. The van der Waals surface area contributed by atoms with Gasteiger partial charge in [-0.05, 0) is 43.3 Å². The largest absolute Gasteiger partial charge is 0.486 e. The molecule has 0 aromatic heterocycles. The number of Topliss-reactive ketones (excluding diaryl/α,β-unsaturated/α-hetero) is 1. The van der Waals surface area contributed by atoms with Gasteiger partial charge in [-0.3, -0.25) is 9.59 Å². The number of hydrogen-bond acceptors (Lipinski definition) is 5. The lowest BCUT2D eigenvalue weighted by molar-refractivity contribution is -0.123. The molecule has 0 unspecified atom stereocenters. The van der Waals surface area contributed by atoms with E-state index in [4.69, 9.17) is 14.2 Å². The summed E-state index contributed by atoms with van der Waals surface area (Å²) in [5, 5.41) is 2.76. The molecule has 6 nitrogen and oxygen atoms in total. The van der Waals surface area contributed by atoms with E-state index in [0.29, 0.717) is 36.0 Å². The molecule has 1 aliphatic rings. The van der Waals surface area contributed by atoms with Crippen molar-refractivity contribution in [1.29, 1.82) is 0 Å². The lowest BCUT2D eigenvalue weighted by Gasteiger charge is -2.26. The number of para-hydroxylation sites is 2. The molecule has 0 spiro atoms. The van der Waals surface area contributed by atoms with E-state index in [1.54, 1.807) is 24.3 Å². The Balaban J connectivity index is 1.42. The van der Waals surface area contributed by atoms with E-state index in [0.717, 1.165) is 0 Å². The Kier molecular flexibility index (Phi) is 5.18. The van der Waals surface area contributed by atoms with Crippen LogP contribution in [-0.2, 0) is 4.79 Å². The molecular weight excluding hydrogens is 322 g/mol. The number of hydrogen-bond donors (Lipinski definition) is 1. The predicted octanol–water partition coefficient (Wildman–Crippen LogP) is 2.22. The van der Waals surface area contributed by atoms with Gasteiger partial charge in [-0.1, -0.05) is 12.1 Å². The van der Waals surface area contributed by atoms with Gasteiger partial charge in [0.25, 0.3) is 5.91 Å². The van der Waals surface area contributed by atoms with Crippen molar-refractivity contribution >= 4 is 11.7 Å². The van der Waals surface area contributed by atoms with Crippen molar-refractivity contribution in [3.8, 4) is 17.2 Å². The molecule has 2 aromatic carbocycles. The Morgan fingerprint density at radius 2 is 1.84 bits per heavy atom. The van der Waals surface area contributed by atoms with Gasteiger partial charge in [0, 0.05) is 5.56 Å². The maximum Gasteiger partial charge on any atom is 0.258 e.